The molecule has 9 heteroatoms. The van der Waals surface area contributed by atoms with Crippen molar-refractivity contribution in [1.82, 2.24) is 0 Å². The quantitative estimate of drug-likeness (QED) is 0.426. The molecule has 0 aliphatic carbocycles. The van der Waals surface area contributed by atoms with Crippen molar-refractivity contribution in [2.75, 3.05) is 12.4 Å². The summed E-state index contributed by atoms with van der Waals surface area (Å²) in [7, 11) is -4.24. The molecule has 0 amide bonds. The van der Waals surface area contributed by atoms with Gasteiger partial charge in [-0.15, -0.1) is 0 Å². The minimum Gasteiger partial charge on any atom is -0.477 e. The Morgan fingerprint density at radius 1 is 1.44 bits per heavy atom. The van der Waals surface area contributed by atoms with Crippen molar-refractivity contribution in [2.45, 2.75) is 44.0 Å². The third-order valence-corrected chi connectivity index (χ3v) is 5.60. The highest BCUT2D eigenvalue weighted by Crippen LogP contribution is 2.48. The van der Waals surface area contributed by atoms with Crippen molar-refractivity contribution in [3.8, 4) is 5.75 Å². The summed E-state index contributed by atoms with van der Waals surface area (Å²) in [5, 5.41) is 0. The van der Waals surface area contributed by atoms with Gasteiger partial charge in [-0.05, 0) is 43.5 Å². The first-order chi connectivity index (χ1) is 12.6. The number of halogens is 1. The van der Waals surface area contributed by atoms with Gasteiger partial charge in [0.15, 0.2) is 17.2 Å². The summed E-state index contributed by atoms with van der Waals surface area (Å²) in [6.45, 7) is 5.26. The average molecular weight is 400 g/mol. The zero-order valence-corrected chi connectivity index (χ0v) is 15.6. The number of esters is 1. The Morgan fingerprint density at radius 2 is 2.19 bits per heavy atom. The summed E-state index contributed by atoms with van der Waals surface area (Å²) in [6, 6.07) is 3.50. The largest absolute Gasteiger partial charge is 0.477 e. The van der Waals surface area contributed by atoms with Gasteiger partial charge in [0.2, 0.25) is 0 Å². The molecule has 27 heavy (non-hydrogen) atoms. The van der Waals surface area contributed by atoms with Crippen molar-refractivity contribution in [3.05, 3.63) is 41.7 Å². The van der Waals surface area contributed by atoms with Crippen LogP contribution in [-0.4, -0.2) is 49.1 Å². The molecule has 1 aromatic carbocycles. The van der Waals surface area contributed by atoms with E-state index in [1.807, 2.05) is 0 Å². The highest BCUT2D eigenvalue weighted by Gasteiger charge is 2.55. The number of fused-ring (bicyclic) bond motifs is 2. The van der Waals surface area contributed by atoms with Gasteiger partial charge in [0, 0.05) is 6.42 Å². The van der Waals surface area contributed by atoms with Crippen molar-refractivity contribution in [1.29, 1.82) is 0 Å². The predicted molar refractivity (Wildman–Crippen MR) is 93.8 cm³/mol. The van der Waals surface area contributed by atoms with Crippen molar-refractivity contribution in [2.24, 2.45) is 0 Å². The van der Waals surface area contributed by atoms with E-state index in [-0.39, 0.29) is 23.5 Å². The normalized spacial score (nSPS) is 26.8. The molecule has 3 atom stereocenters. The maximum Gasteiger partial charge on any atom is 0.338 e. The number of benzene rings is 1. The second kappa shape index (κ2) is 7.21. The SMILES string of the molecule is C=C(C)C1(Oc2cc(C(=O)OCCS(=O)(=O)O)ccc2F)CC2CCC1O2. The van der Waals surface area contributed by atoms with E-state index in [2.05, 4.69) is 6.58 Å². The van der Waals surface area contributed by atoms with E-state index in [4.69, 9.17) is 18.8 Å². The number of carbonyl (C=O) groups excluding carboxylic acids is 1. The highest BCUT2D eigenvalue weighted by atomic mass is 32.2. The molecule has 0 radical (unpaired) electrons. The smallest absolute Gasteiger partial charge is 0.338 e. The van der Waals surface area contributed by atoms with E-state index in [9.17, 15) is 17.6 Å². The van der Waals surface area contributed by atoms with Crippen LogP contribution < -0.4 is 4.74 Å². The van der Waals surface area contributed by atoms with Crippen LogP contribution in [-0.2, 0) is 19.6 Å². The molecule has 1 N–H and O–H groups in total. The van der Waals surface area contributed by atoms with Gasteiger partial charge >= 0.3 is 5.97 Å². The van der Waals surface area contributed by atoms with Crippen LogP contribution in [0.15, 0.2) is 30.4 Å². The molecule has 2 bridgehead atoms. The number of carbonyl (C=O) groups is 1. The van der Waals surface area contributed by atoms with Crippen LogP contribution in [0, 0.1) is 5.82 Å². The molecule has 3 unspecified atom stereocenters. The van der Waals surface area contributed by atoms with Crippen LogP contribution in [0.3, 0.4) is 0 Å². The van der Waals surface area contributed by atoms with Crippen LogP contribution in [0.2, 0.25) is 0 Å². The summed E-state index contributed by atoms with van der Waals surface area (Å²) < 4.78 is 61.0. The third-order valence-electron chi connectivity index (χ3n) is 4.91. The molecular weight excluding hydrogens is 379 g/mol. The van der Waals surface area contributed by atoms with Crippen molar-refractivity contribution < 1.29 is 36.4 Å². The number of hydrogen-bond donors (Lipinski definition) is 1. The topological polar surface area (TPSA) is 99.1 Å². The molecule has 2 aliphatic rings. The summed E-state index contributed by atoms with van der Waals surface area (Å²) in [4.78, 5) is 12.1. The Kier molecular flexibility index (Phi) is 5.29. The van der Waals surface area contributed by atoms with Crippen LogP contribution in [0.4, 0.5) is 4.39 Å². The molecule has 0 saturated carbocycles. The molecule has 2 saturated heterocycles. The molecule has 0 spiro atoms. The Morgan fingerprint density at radius 3 is 2.74 bits per heavy atom. The van der Waals surface area contributed by atoms with E-state index in [1.54, 1.807) is 6.92 Å². The van der Waals surface area contributed by atoms with Gasteiger partial charge in [0.05, 0.1) is 11.7 Å². The minimum atomic E-state index is -4.24. The molecule has 3 rings (SSSR count). The Balaban J connectivity index is 1.77. The van der Waals surface area contributed by atoms with Gasteiger partial charge in [-0.1, -0.05) is 6.58 Å². The lowest BCUT2D eigenvalue weighted by Crippen LogP contribution is -2.46. The monoisotopic (exact) mass is 400 g/mol. The van der Waals surface area contributed by atoms with Crippen LogP contribution in [0.25, 0.3) is 0 Å². The van der Waals surface area contributed by atoms with Crippen LogP contribution >= 0.6 is 0 Å². The summed E-state index contributed by atoms with van der Waals surface area (Å²) in [6.07, 6.45) is 2.10. The van der Waals surface area contributed by atoms with Gasteiger partial charge < -0.3 is 14.2 Å². The molecule has 7 nitrogen and oxygen atoms in total. The number of hydrogen-bond acceptors (Lipinski definition) is 6. The summed E-state index contributed by atoms with van der Waals surface area (Å²) >= 11 is 0. The molecule has 2 fully saturated rings. The molecule has 2 aliphatic heterocycles. The maximum absolute atomic E-state index is 14.3. The Bertz CT molecular complexity index is 866. The average Bonchev–Trinajstić information content (AvgIpc) is 3.17. The molecule has 148 valence electrons. The van der Waals surface area contributed by atoms with E-state index >= 15 is 0 Å². The first-order valence-electron chi connectivity index (χ1n) is 8.53. The lowest BCUT2D eigenvalue weighted by molar-refractivity contribution is 0.0143. The van der Waals surface area contributed by atoms with E-state index < -0.39 is 39.9 Å². The van der Waals surface area contributed by atoms with E-state index in [1.165, 1.54) is 12.1 Å². The fourth-order valence-corrected chi connectivity index (χ4v) is 3.83. The highest BCUT2D eigenvalue weighted by molar-refractivity contribution is 7.85. The molecule has 0 aromatic heterocycles. The number of ether oxygens (including phenoxy) is 3. The minimum absolute atomic E-state index is 0.00248. The van der Waals surface area contributed by atoms with Crippen molar-refractivity contribution >= 4 is 16.1 Å². The Hall–Kier alpha value is -1.97. The van der Waals surface area contributed by atoms with Gasteiger partial charge in [0.25, 0.3) is 10.1 Å². The first kappa shape index (κ1) is 19.8. The summed E-state index contributed by atoms with van der Waals surface area (Å²) in [5.41, 5.74) is -0.130. The fourth-order valence-electron chi connectivity index (χ4n) is 3.54. The lowest BCUT2D eigenvalue weighted by atomic mass is 9.80. The second-order valence-corrected chi connectivity index (χ2v) is 8.44. The molecule has 1 aromatic rings. The standard InChI is InChI=1S/C18H21FO7S/c1-11(2)18(10-13-4-6-16(18)25-13)26-15-9-12(3-5-14(15)19)17(20)24-7-8-27(21,22)23/h3,5,9,13,16H,1,4,6-8,10H2,2H3,(H,21,22,23). The van der Waals surface area contributed by atoms with E-state index in [0.29, 0.717) is 6.42 Å². The maximum atomic E-state index is 14.3. The fraction of sp³-hybridized carbons (Fsp3) is 0.500. The lowest BCUT2D eigenvalue weighted by Gasteiger charge is -2.36. The zero-order valence-electron chi connectivity index (χ0n) is 14.8. The third kappa shape index (κ3) is 4.15. The first-order valence-corrected chi connectivity index (χ1v) is 10.1. The van der Waals surface area contributed by atoms with Crippen LogP contribution in [0.5, 0.6) is 5.75 Å². The van der Waals surface area contributed by atoms with Gasteiger partial charge in [-0.25, -0.2) is 9.18 Å². The zero-order chi connectivity index (χ0) is 19.8. The van der Waals surface area contributed by atoms with Gasteiger partial charge in [0.1, 0.15) is 18.5 Å². The van der Waals surface area contributed by atoms with Gasteiger partial charge in [-0.3, -0.25) is 4.55 Å². The summed E-state index contributed by atoms with van der Waals surface area (Å²) in [5.74, 6) is -2.34. The van der Waals surface area contributed by atoms with Crippen molar-refractivity contribution in [3.63, 3.8) is 0 Å². The number of rotatable bonds is 7. The Labute approximate surface area is 156 Å². The molecular formula is C18H21FO7S. The van der Waals surface area contributed by atoms with E-state index in [0.717, 1.165) is 24.5 Å². The van der Waals surface area contributed by atoms with Gasteiger partial charge in [-0.2, -0.15) is 8.42 Å². The van der Waals surface area contributed by atoms with Crippen LogP contribution in [0.1, 0.15) is 36.5 Å². The second-order valence-electron chi connectivity index (χ2n) is 6.87. The molecule has 2 heterocycles. The predicted octanol–water partition coefficient (Wildman–Crippen LogP) is 2.52.